The van der Waals surface area contributed by atoms with Crippen molar-refractivity contribution in [1.29, 1.82) is 0 Å². The van der Waals surface area contributed by atoms with Crippen molar-refractivity contribution >= 4 is 22.4 Å². The third-order valence-electron chi connectivity index (χ3n) is 5.66. The lowest BCUT2D eigenvalue weighted by molar-refractivity contribution is -0.152. The van der Waals surface area contributed by atoms with Gasteiger partial charge in [0, 0.05) is 26.2 Å². The highest BCUT2D eigenvalue weighted by molar-refractivity contribution is 7.13. The van der Waals surface area contributed by atoms with E-state index in [1.165, 1.54) is 0 Å². The van der Waals surface area contributed by atoms with Crippen molar-refractivity contribution in [3.63, 3.8) is 0 Å². The van der Waals surface area contributed by atoms with Gasteiger partial charge in [0.2, 0.25) is 5.13 Å². The van der Waals surface area contributed by atoms with Gasteiger partial charge in [0.05, 0.1) is 6.61 Å². The first kappa shape index (κ1) is 15.3. The molecule has 126 valence electrons. The number of aromatic nitrogens is 2. The Balaban J connectivity index is 1.30. The molecule has 4 rings (SSSR count). The van der Waals surface area contributed by atoms with Gasteiger partial charge in [0.25, 0.3) is 5.91 Å². The van der Waals surface area contributed by atoms with Gasteiger partial charge in [-0.15, -0.1) is 10.2 Å². The second-order valence-electron chi connectivity index (χ2n) is 7.08. The third-order valence-corrected chi connectivity index (χ3v) is 6.41. The van der Waals surface area contributed by atoms with E-state index in [9.17, 15) is 4.79 Å². The highest BCUT2D eigenvalue weighted by Gasteiger charge is 2.41. The minimum Gasteiger partial charge on any atom is -0.368 e. The van der Waals surface area contributed by atoms with E-state index in [1.807, 2.05) is 4.90 Å². The fourth-order valence-electron chi connectivity index (χ4n) is 4.08. The molecule has 0 radical (unpaired) electrons. The fraction of sp³-hybridized carbons (Fsp3) is 0.812. The summed E-state index contributed by atoms with van der Waals surface area (Å²) in [6.45, 7) is 4.61. The Morgan fingerprint density at radius 1 is 1.22 bits per heavy atom. The van der Waals surface area contributed by atoms with Crippen LogP contribution in [0.5, 0.6) is 0 Å². The molecule has 6 nitrogen and oxygen atoms in total. The minimum absolute atomic E-state index is 0.195. The Bertz CT molecular complexity index is 526. The SMILES string of the molecule is O=C(C1CCC2(CCN(c3nncs3)CC2)CO1)N1CCCC1. The van der Waals surface area contributed by atoms with Crippen LogP contribution in [-0.4, -0.2) is 59.9 Å². The first-order chi connectivity index (χ1) is 11.3. The van der Waals surface area contributed by atoms with Crippen LogP contribution in [0.2, 0.25) is 0 Å². The van der Waals surface area contributed by atoms with Crippen LogP contribution in [0.4, 0.5) is 5.13 Å². The zero-order valence-electron chi connectivity index (χ0n) is 13.4. The van der Waals surface area contributed by atoms with Crippen molar-refractivity contribution in [3.05, 3.63) is 5.51 Å². The average molecular weight is 336 g/mol. The molecule has 3 fully saturated rings. The molecule has 0 saturated carbocycles. The van der Waals surface area contributed by atoms with E-state index in [0.29, 0.717) is 0 Å². The van der Waals surface area contributed by atoms with Gasteiger partial charge in [0.15, 0.2) is 0 Å². The molecule has 1 atom stereocenters. The van der Waals surface area contributed by atoms with E-state index in [2.05, 4.69) is 15.1 Å². The Kier molecular flexibility index (Phi) is 4.24. The first-order valence-corrected chi connectivity index (χ1v) is 9.55. The minimum atomic E-state index is -0.195. The molecule has 1 amide bonds. The average Bonchev–Trinajstić information content (AvgIpc) is 3.30. The second-order valence-corrected chi connectivity index (χ2v) is 7.89. The number of ether oxygens (including phenoxy) is 1. The Hall–Kier alpha value is -1.21. The van der Waals surface area contributed by atoms with Crippen molar-refractivity contribution in [3.8, 4) is 0 Å². The van der Waals surface area contributed by atoms with Crippen LogP contribution in [0.1, 0.15) is 38.5 Å². The summed E-state index contributed by atoms with van der Waals surface area (Å²) < 4.78 is 6.04. The first-order valence-electron chi connectivity index (χ1n) is 8.67. The van der Waals surface area contributed by atoms with Gasteiger partial charge < -0.3 is 14.5 Å². The highest BCUT2D eigenvalue weighted by Crippen LogP contribution is 2.41. The van der Waals surface area contributed by atoms with Gasteiger partial charge in [-0.1, -0.05) is 11.3 Å². The van der Waals surface area contributed by atoms with Crippen LogP contribution in [0.25, 0.3) is 0 Å². The number of hydrogen-bond donors (Lipinski definition) is 0. The molecular formula is C16H24N4O2S. The maximum atomic E-state index is 12.5. The molecule has 3 aliphatic rings. The number of carbonyl (C=O) groups excluding carboxylic acids is 1. The molecule has 1 spiro atoms. The molecule has 23 heavy (non-hydrogen) atoms. The molecule has 7 heteroatoms. The summed E-state index contributed by atoms with van der Waals surface area (Å²) in [6, 6.07) is 0. The van der Waals surface area contributed by atoms with Crippen LogP contribution in [0.15, 0.2) is 5.51 Å². The van der Waals surface area contributed by atoms with Gasteiger partial charge in [-0.05, 0) is 43.9 Å². The normalized spacial score (nSPS) is 27.6. The van der Waals surface area contributed by atoms with Crippen molar-refractivity contribution in [2.45, 2.75) is 44.6 Å². The molecule has 3 aliphatic heterocycles. The number of carbonyl (C=O) groups is 1. The predicted molar refractivity (Wildman–Crippen MR) is 88.6 cm³/mol. The van der Waals surface area contributed by atoms with E-state index in [0.717, 1.165) is 76.4 Å². The van der Waals surface area contributed by atoms with Crippen molar-refractivity contribution < 1.29 is 9.53 Å². The van der Waals surface area contributed by atoms with Crippen LogP contribution in [-0.2, 0) is 9.53 Å². The smallest absolute Gasteiger partial charge is 0.251 e. The van der Waals surface area contributed by atoms with Crippen LogP contribution >= 0.6 is 11.3 Å². The molecule has 1 unspecified atom stereocenters. The quantitative estimate of drug-likeness (QED) is 0.826. The summed E-state index contributed by atoms with van der Waals surface area (Å²) >= 11 is 1.61. The van der Waals surface area contributed by atoms with E-state index in [4.69, 9.17) is 4.74 Å². The molecular weight excluding hydrogens is 312 g/mol. The van der Waals surface area contributed by atoms with E-state index < -0.39 is 0 Å². The molecule has 1 aromatic rings. The zero-order valence-corrected chi connectivity index (χ0v) is 14.3. The second kappa shape index (κ2) is 6.36. The largest absolute Gasteiger partial charge is 0.368 e. The summed E-state index contributed by atoms with van der Waals surface area (Å²) in [5, 5.41) is 9.12. The monoisotopic (exact) mass is 336 g/mol. The van der Waals surface area contributed by atoms with Gasteiger partial charge >= 0.3 is 0 Å². The predicted octanol–water partition coefficient (Wildman–Crippen LogP) is 1.93. The van der Waals surface area contributed by atoms with E-state index in [-0.39, 0.29) is 17.4 Å². The number of rotatable bonds is 2. The maximum Gasteiger partial charge on any atom is 0.251 e. The molecule has 3 saturated heterocycles. The summed E-state index contributed by atoms with van der Waals surface area (Å²) in [6.07, 6.45) is 6.33. The lowest BCUT2D eigenvalue weighted by Gasteiger charge is -2.45. The lowest BCUT2D eigenvalue weighted by atomic mass is 9.73. The van der Waals surface area contributed by atoms with Crippen LogP contribution < -0.4 is 4.90 Å². The Morgan fingerprint density at radius 3 is 2.61 bits per heavy atom. The molecule has 0 bridgehead atoms. The lowest BCUT2D eigenvalue weighted by Crippen LogP contribution is -2.49. The van der Waals surface area contributed by atoms with Crippen molar-refractivity contribution in [2.24, 2.45) is 5.41 Å². The van der Waals surface area contributed by atoms with Gasteiger partial charge in [0.1, 0.15) is 11.6 Å². The summed E-state index contributed by atoms with van der Waals surface area (Å²) in [5.74, 6) is 0.226. The maximum absolute atomic E-state index is 12.5. The number of nitrogens with zero attached hydrogens (tertiary/aromatic N) is 4. The third kappa shape index (κ3) is 3.08. The molecule has 0 aromatic carbocycles. The fourth-order valence-corrected chi connectivity index (χ4v) is 4.69. The number of hydrogen-bond acceptors (Lipinski definition) is 6. The number of likely N-dealkylation sites (tertiary alicyclic amines) is 1. The molecule has 1 aromatic heterocycles. The Morgan fingerprint density at radius 2 is 2.00 bits per heavy atom. The van der Waals surface area contributed by atoms with Gasteiger partial charge in [-0.2, -0.15) is 0 Å². The summed E-state index contributed by atoms with van der Waals surface area (Å²) in [5.41, 5.74) is 2.06. The van der Waals surface area contributed by atoms with Crippen molar-refractivity contribution in [1.82, 2.24) is 15.1 Å². The summed E-state index contributed by atoms with van der Waals surface area (Å²) in [7, 11) is 0. The Labute approximate surface area is 140 Å². The van der Waals surface area contributed by atoms with E-state index in [1.54, 1.807) is 16.8 Å². The van der Waals surface area contributed by atoms with E-state index >= 15 is 0 Å². The zero-order chi connectivity index (χ0) is 15.7. The van der Waals surface area contributed by atoms with Gasteiger partial charge in [-0.3, -0.25) is 4.79 Å². The molecule has 0 aliphatic carbocycles. The van der Waals surface area contributed by atoms with Crippen LogP contribution in [0, 0.1) is 5.41 Å². The molecule has 0 N–H and O–H groups in total. The topological polar surface area (TPSA) is 58.6 Å². The standard InChI is InChI=1S/C16H24N4O2S/c21-14(19-7-1-2-8-19)13-3-4-16(11-22-13)5-9-20(10-6-16)15-18-17-12-23-15/h12-13H,1-11H2. The number of piperidine rings is 1. The highest BCUT2D eigenvalue weighted by atomic mass is 32.1. The van der Waals surface area contributed by atoms with Gasteiger partial charge in [-0.25, -0.2) is 0 Å². The molecule has 4 heterocycles. The van der Waals surface area contributed by atoms with Crippen LogP contribution in [0.3, 0.4) is 0 Å². The number of anilines is 1. The number of amides is 1. The van der Waals surface area contributed by atoms with Crippen molar-refractivity contribution in [2.75, 3.05) is 37.7 Å². The summed E-state index contributed by atoms with van der Waals surface area (Å²) in [4.78, 5) is 16.8.